The van der Waals surface area contributed by atoms with E-state index in [1.54, 1.807) is 18.4 Å². The summed E-state index contributed by atoms with van der Waals surface area (Å²) in [5.41, 5.74) is 1.27. The normalized spacial score (nSPS) is 26.2. The molecule has 2 saturated heterocycles. The van der Waals surface area contributed by atoms with Gasteiger partial charge in [0.05, 0.1) is 31.0 Å². The molecule has 6 heteroatoms. The van der Waals surface area contributed by atoms with E-state index in [1.165, 1.54) is 0 Å². The molecule has 0 saturated carbocycles. The third kappa shape index (κ3) is 2.98. The maximum Gasteiger partial charge on any atom is 0.197 e. The van der Waals surface area contributed by atoms with Crippen LogP contribution in [-0.4, -0.2) is 66.4 Å². The Kier molecular flexibility index (Phi) is 4.37. The Bertz CT molecular complexity index is 769. The Hall–Kier alpha value is -1.73. The molecule has 1 aromatic carbocycles. The highest BCUT2D eigenvalue weighted by molar-refractivity contribution is 5.76. The molecule has 2 atom stereocenters. The number of rotatable bonds is 3. The van der Waals surface area contributed by atoms with Gasteiger partial charge in [-0.15, -0.1) is 0 Å². The molecule has 24 heavy (non-hydrogen) atoms. The molecule has 2 aliphatic heterocycles. The van der Waals surface area contributed by atoms with Crippen molar-refractivity contribution in [2.75, 3.05) is 39.4 Å². The van der Waals surface area contributed by atoms with Gasteiger partial charge in [-0.3, -0.25) is 14.6 Å². The number of hydrogen-bond acceptors (Lipinski definition) is 6. The number of para-hydroxylation sites is 1. The molecule has 0 unspecified atom stereocenters. The van der Waals surface area contributed by atoms with Gasteiger partial charge in [-0.2, -0.15) is 0 Å². The van der Waals surface area contributed by atoms with Crippen LogP contribution in [0.5, 0.6) is 0 Å². The fraction of sp³-hybridized carbons (Fsp3) is 0.500. The van der Waals surface area contributed by atoms with Gasteiger partial charge in [-0.25, -0.2) is 0 Å². The smallest absolute Gasteiger partial charge is 0.197 e. The Balaban J connectivity index is 1.50. The van der Waals surface area contributed by atoms with Gasteiger partial charge < -0.3 is 14.3 Å². The maximum absolute atomic E-state index is 12.6. The number of morpholine rings is 1. The largest absolute Gasteiger partial charge is 0.464 e. The lowest BCUT2D eigenvalue weighted by Gasteiger charge is -2.33. The second-order valence-corrected chi connectivity index (χ2v) is 6.56. The molecular weight excluding hydrogens is 308 g/mol. The van der Waals surface area contributed by atoms with E-state index in [9.17, 15) is 9.90 Å². The summed E-state index contributed by atoms with van der Waals surface area (Å²) < 4.78 is 11.0. The molecule has 2 aromatic rings. The zero-order valence-corrected chi connectivity index (χ0v) is 13.6. The molecule has 2 fully saturated rings. The molecule has 3 heterocycles. The average molecular weight is 330 g/mol. The molecule has 0 aliphatic carbocycles. The lowest BCUT2D eigenvalue weighted by molar-refractivity contribution is -0.00618. The van der Waals surface area contributed by atoms with Crippen molar-refractivity contribution in [3.8, 4) is 0 Å². The third-order valence-electron chi connectivity index (χ3n) is 4.99. The molecule has 0 bridgehead atoms. The summed E-state index contributed by atoms with van der Waals surface area (Å²) in [6.45, 7) is 4.99. The van der Waals surface area contributed by atoms with Crippen LogP contribution in [0.3, 0.4) is 0 Å². The molecule has 4 rings (SSSR count). The molecule has 1 aromatic heterocycles. The zero-order chi connectivity index (χ0) is 16.5. The van der Waals surface area contributed by atoms with Gasteiger partial charge in [-0.05, 0) is 12.1 Å². The maximum atomic E-state index is 12.6. The van der Waals surface area contributed by atoms with Gasteiger partial charge >= 0.3 is 0 Å². The third-order valence-corrected chi connectivity index (χ3v) is 4.99. The van der Waals surface area contributed by atoms with Crippen molar-refractivity contribution >= 4 is 11.0 Å². The highest BCUT2D eigenvalue weighted by Crippen LogP contribution is 2.20. The van der Waals surface area contributed by atoms with Crippen molar-refractivity contribution in [2.24, 2.45) is 0 Å². The van der Waals surface area contributed by atoms with E-state index in [1.807, 2.05) is 12.1 Å². The van der Waals surface area contributed by atoms with E-state index in [0.29, 0.717) is 29.6 Å². The van der Waals surface area contributed by atoms with Crippen LogP contribution in [0.15, 0.2) is 39.7 Å². The number of nitrogens with zero attached hydrogens (tertiary/aromatic N) is 2. The Morgan fingerprint density at radius 2 is 1.96 bits per heavy atom. The summed E-state index contributed by atoms with van der Waals surface area (Å²) >= 11 is 0. The number of fused-ring (bicyclic) bond motifs is 1. The number of aliphatic hydroxyl groups excluding tert-OH is 1. The zero-order valence-electron chi connectivity index (χ0n) is 13.6. The predicted octanol–water partition coefficient (Wildman–Crippen LogP) is 0.670. The lowest BCUT2D eigenvalue weighted by Crippen LogP contribution is -2.48. The first-order chi connectivity index (χ1) is 11.7. The monoisotopic (exact) mass is 330 g/mol. The predicted molar refractivity (Wildman–Crippen MR) is 89.9 cm³/mol. The van der Waals surface area contributed by atoms with Crippen molar-refractivity contribution in [3.63, 3.8) is 0 Å². The molecule has 2 aliphatic rings. The molecule has 0 spiro atoms. The van der Waals surface area contributed by atoms with Crippen LogP contribution in [0.1, 0.15) is 5.56 Å². The van der Waals surface area contributed by atoms with Gasteiger partial charge in [0.15, 0.2) is 5.43 Å². The van der Waals surface area contributed by atoms with Crippen LogP contribution in [0.2, 0.25) is 0 Å². The molecule has 0 radical (unpaired) electrons. The highest BCUT2D eigenvalue weighted by atomic mass is 16.5. The van der Waals surface area contributed by atoms with Gasteiger partial charge in [-0.1, -0.05) is 12.1 Å². The topological polar surface area (TPSA) is 66.2 Å². The minimum Gasteiger partial charge on any atom is -0.464 e. The fourth-order valence-corrected chi connectivity index (χ4v) is 3.71. The van der Waals surface area contributed by atoms with Crippen molar-refractivity contribution < 1.29 is 14.3 Å². The standard InChI is InChI=1S/C18H22N2O4/c21-16-11-19(10-15(16)20-5-7-23-8-6-20)9-13-12-24-17-4-2-1-3-14(17)18(13)22/h1-4,12,15-16,21H,5-11H2/t15-,16-/m1/s1. The fourth-order valence-electron chi connectivity index (χ4n) is 3.71. The second-order valence-electron chi connectivity index (χ2n) is 6.56. The Labute approximate surface area is 140 Å². The SMILES string of the molecule is O=c1c(CN2C[C@@H](O)[C@H](N3CCOCC3)C2)coc2ccccc12. The number of hydrogen-bond donors (Lipinski definition) is 1. The van der Waals surface area contributed by atoms with Crippen molar-refractivity contribution in [1.82, 2.24) is 9.80 Å². The van der Waals surface area contributed by atoms with E-state index >= 15 is 0 Å². The van der Waals surface area contributed by atoms with Gasteiger partial charge in [0.2, 0.25) is 0 Å². The van der Waals surface area contributed by atoms with Crippen molar-refractivity contribution in [2.45, 2.75) is 18.7 Å². The molecule has 0 amide bonds. The van der Waals surface area contributed by atoms with Gasteiger partial charge in [0, 0.05) is 44.3 Å². The second kappa shape index (κ2) is 6.64. The minimum atomic E-state index is -0.393. The number of aliphatic hydroxyl groups is 1. The number of β-amino-alcohol motifs (C(OH)–C–C–N with tert-alkyl or cyclic N) is 1. The summed E-state index contributed by atoms with van der Waals surface area (Å²) in [5, 5.41) is 11.0. The van der Waals surface area contributed by atoms with Crippen LogP contribution in [0.25, 0.3) is 11.0 Å². The van der Waals surface area contributed by atoms with Gasteiger partial charge in [0.1, 0.15) is 5.58 Å². The Morgan fingerprint density at radius 3 is 2.79 bits per heavy atom. The van der Waals surface area contributed by atoms with Crippen LogP contribution < -0.4 is 5.43 Å². The first-order valence-corrected chi connectivity index (χ1v) is 8.44. The first-order valence-electron chi connectivity index (χ1n) is 8.44. The van der Waals surface area contributed by atoms with Crippen molar-refractivity contribution in [3.05, 3.63) is 46.3 Å². The number of ether oxygens (including phenoxy) is 1. The summed E-state index contributed by atoms with van der Waals surface area (Å²) in [6, 6.07) is 7.40. The first kappa shape index (κ1) is 15.8. The molecule has 128 valence electrons. The Morgan fingerprint density at radius 1 is 1.17 bits per heavy atom. The van der Waals surface area contributed by atoms with E-state index in [-0.39, 0.29) is 11.5 Å². The molecule has 1 N–H and O–H groups in total. The van der Waals surface area contributed by atoms with Crippen LogP contribution >= 0.6 is 0 Å². The minimum absolute atomic E-state index is 0.0150. The summed E-state index contributed by atoms with van der Waals surface area (Å²) in [5.74, 6) is 0. The summed E-state index contributed by atoms with van der Waals surface area (Å²) in [4.78, 5) is 17.0. The number of benzene rings is 1. The van der Waals surface area contributed by atoms with Crippen LogP contribution in [-0.2, 0) is 11.3 Å². The van der Waals surface area contributed by atoms with Gasteiger partial charge in [0.25, 0.3) is 0 Å². The van der Waals surface area contributed by atoms with E-state index < -0.39 is 6.10 Å². The quantitative estimate of drug-likeness (QED) is 0.892. The van der Waals surface area contributed by atoms with Crippen molar-refractivity contribution in [1.29, 1.82) is 0 Å². The number of likely N-dealkylation sites (tertiary alicyclic amines) is 1. The van der Waals surface area contributed by atoms with E-state index in [4.69, 9.17) is 9.15 Å². The lowest BCUT2D eigenvalue weighted by atomic mass is 10.1. The summed E-state index contributed by atoms with van der Waals surface area (Å²) in [7, 11) is 0. The summed E-state index contributed by atoms with van der Waals surface area (Å²) in [6.07, 6.45) is 1.16. The van der Waals surface area contributed by atoms with Crippen LogP contribution in [0, 0.1) is 0 Å². The van der Waals surface area contributed by atoms with Crippen LogP contribution in [0.4, 0.5) is 0 Å². The molecule has 6 nitrogen and oxygen atoms in total. The van der Waals surface area contributed by atoms with E-state index in [2.05, 4.69) is 9.80 Å². The average Bonchev–Trinajstić information content (AvgIpc) is 2.99. The highest BCUT2D eigenvalue weighted by Gasteiger charge is 2.36. The van der Waals surface area contributed by atoms with E-state index in [0.717, 1.165) is 32.8 Å². The molecular formula is C18H22N2O4.